The summed E-state index contributed by atoms with van der Waals surface area (Å²) in [5.74, 6) is 1.17. The van der Waals surface area contributed by atoms with Gasteiger partial charge in [0, 0.05) is 31.9 Å². The van der Waals surface area contributed by atoms with Gasteiger partial charge in [-0.15, -0.1) is 0 Å². The van der Waals surface area contributed by atoms with Crippen molar-refractivity contribution in [1.29, 1.82) is 0 Å². The first-order valence-electron chi connectivity index (χ1n) is 12.8. The molecule has 0 spiro atoms. The first-order chi connectivity index (χ1) is 15.5. The van der Waals surface area contributed by atoms with E-state index in [1.807, 2.05) is 32.9 Å². The maximum atomic E-state index is 10.6. The molecule has 0 aliphatic rings. The van der Waals surface area contributed by atoms with Gasteiger partial charge in [-0.1, -0.05) is 0 Å². The van der Waals surface area contributed by atoms with Crippen LogP contribution in [-0.2, 0) is 13.3 Å². The summed E-state index contributed by atoms with van der Waals surface area (Å²) in [6, 6.07) is 6.36. The van der Waals surface area contributed by atoms with Gasteiger partial charge in [-0.3, -0.25) is 0 Å². The van der Waals surface area contributed by atoms with Crippen LogP contribution in [-0.4, -0.2) is 55.8 Å². The second-order valence-electron chi connectivity index (χ2n) is 11.8. The van der Waals surface area contributed by atoms with Crippen molar-refractivity contribution in [2.24, 2.45) is 0 Å². The Balaban J connectivity index is 3.38. The minimum absolute atomic E-state index is 0.0103. The lowest BCUT2D eigenvalue weighted by atomic mass is 10.2. The Kier molecular flexibility index (Phi) is 11.1. The van der Waals surface area contributed by atoms with Gasteiger partial charge >= 0.3 is 8.80 Å². The van der Waals surface area contributed by atoms with Crippen LogP contribution >= 0.6 is 7.26 Å². The third-order valence-corrected chi connectivity index (χ3v) is 16.6. The van der Waals surface area contributed by atoms with Crippen molar-refractivity contribution in [3.63, 3.8) is 0 Å². The number of hydrogen-bond donors (Lipinski definition) is 1. The van der Waals surface area contributed by atoms with E-state index in [2.05, 4.69) is 62.3 Å². The summed E-state index contributed by atoms with van der Waals surface area (Å²) in [5, 5.41) is 11.8. The van der Waals surface area contributed by atoms with Gasteiger partial charge in [0.15, 0.2) is 5.75 Å². The number of ether oxygens (including phenoxy) is 1. The summed E-state index contributed by atoms with van der Waals surface area (Å²) in [4.78, 5) is 0. The van der Waals surface area contributed by atoms with E-state index in [-0.39, 0.29) is 15.5 Å². The van der Waals surface area contributed by atoms with E-state index < -0.39 is 16.1 Å². The van der Waals surface area contributed by atoms with Crippen molar-refractivity contribution in [1.82, 2.24) is 0 Å². The van der Waals surface area contributed by atoms with Crippen molar-refractivity contribution in [2.45, 2.75) is 111 Å². The predicted octanol–water partition coefficient (Wildman–Crippen LogP) is 7.25. The first-order valence-corrected chi connectivity index (χ1v) is 16.5. The van der Waals surface area contributed by atoms with Crippen LogP contribution in [0.4, 0.5) is 0 Å². The average molecular weight is 516 g/mol. The SMILES string of the molecule is CCO[Si](CCCOc1ccc(O)cc1[P+](C(C)(C)C)(C(C)(C)C)C(C)(C)C)(OCC)OCC. The lowest BCUT2D eigenvalue weighted by molar-refractivity contribution is 0.0697. The number of hydrogen-bond acceptors (Lipinski definition) is 5. The molecule has 7 heteroatoms. The smallest absolute Gasteiger partial charge is 0.501 e. The zero-order valence-electron chi connectivity index (χ0n) is 24.0. The van der Waals surface area contributed by atoms with Crippen LogP contribution in [0.2, 0.25) is 6.04 Å². The molecule has 5 nitrogen and oxygen atoms in total. The monoisotopic (exact) mass is 515 g/mol. The summed E-state index contributed by atoms with van der Waals surface area (Å²) in [6.45, 7) is 29.3. The van der Waals surface area contributed by atoms with Crippen LogP contribution in [0.1, 0.15) is 89.5 Å². The van der Waals surface area contributed by atoms with E-state index in [9.17, 15) is 5.11 Å². The zero-order valence-corrected chi connectivity index (χ0v) is 25.9. The molecule has 0 aromatic heterocycles. The lowest BCUT2D eigenvalue weighted by Gasteiger charge is -2.54. The molecule has 0 unspecified atom stereocenters. The maximum Gasteiger partial charge on any atom is 0.501 e. The molecule has 0 radical (unpaired) electrons. The van der Waals surface area contributed by atoms with Crippen LogP contribution in [0.15, 0.2) is 18.2 Å². The second-order valence-corrected chi connectivity index (χ2v) is 20.3. The van der Waals surface area contributed by atoms with Crippen LogP contribution in [0.25, 0.3) is 0 Å². The molecule has 1 N–H and O–H groups in total. The molecule has 0 aliphatic heterocycles. The number of phenolic OH excluding ortho intramolecular Hbond substituents is 1. The molecule has 0 saturated heterocycles. The van der Waals surface area contributed by atoms with Gasteiger partial charge < -0.3 is 23.1 Å². The molecule has 0 bridgehead atoms. The minimum Gasteiger partial charge on any atom is -0.508 e. The summed E-state index contributed by atoms with van der Waals surface area (Å²) in [6.07, 6.45) is 0.776. The molecule has 0 atom stereocenters. The number of phenols is 1. The minimum atomic E-state index is -2.70. The Morgan fingerprint density at radius 2 is 1.21 bits per heavy atom. The molecule has 1 aromatic rings. The van der Waals surface area contributed by atoms with Crippen LogP contribution in [0, 0.1) is 0 Å². The molecule has 0 heterocycles. The highest BCUT2D eigenvalue weighted by molar-refractivity contribution is 7.87. The topological polar surface area (TPSA) is 57.2 Å². The predicted molar refractivity (Wildman–Crippen MR) is 149 cm³/mol. The fourth-order valence-corrected chi connectivity index (χ4v) is 18.0. The molecular weight excluding hydrogens is 463 g/mol. The Labute approximate surface area is 211 Å². The standard InChI is InChI=1S/C27H51O5PSi/c1-13-30-34(31-14-2,32-15-3)20-16-19-29-23-18-17-22(28)21-24(23)33(25(4,5)6,26(7,8)9)27(10,11)12/h17-18,21H,13-16,19-20H2,1-12H3/p+1. The van der Waals surface area contributed by atoms with Crippen molar-refractivity contribution < 1.29 is 23.1 Å². The van der Waals surface area contributed by atoms with Gasteiger partial charge in [-0.2, -0.15) is 0 Å². The number of rotatable bonds is 12. The molecule has 34 heavy (non-hydrogen) atoms. The summed E-state index contributed by atoms with van der Waals surface area (Å²) < 4.78 is 24.5. The molecule has 1 aromatic carbocycles. The molecule has 0 aliphatic carbocycles. The van der Waals surface area contributed by atoms with Crippen molar-refractivity contribution in [2.75, 3.05) is 26.4 Å². The average Bonchev–Trinajstić information content (AvgIpc) is 2.64. The van der Waals surface area contributed by atoms with Crippen molar-refractivity contribution >= 4 is 21.4 Å². The fraction of sp³-hybridized carbons (Fsp3) is 0.778. The van der Waals surface area contributed by atoms with E-state index >= 15 is 0 Å². The number of benzene rings is 1. The molecule has 0 amide bonds. The molecule has 198 valence electrons. The van der Waals surface area contributed by atoms with Crippen LogP contribution < -0.4 is 10.0 Å². The summed E-state index contributed by atoms with van der Waals surface area (Å²) >= 11 is 0. The summed E-state index contributed by atoms with van der Waals surface area (Å²) in [7, 11) is -4.62. The Bertz CT molecular complexity index is 709. The normalized spacial score (nSPS) is 13.9. The van der Waals surface area contributed by atoms with Gasteiger partial charge in [-0.05, 0) is 102 Å². The van der Waals surface area contributed by atoms with Crippen LogP contribution in [0.5, 0.6) is 11.5 Å². The highest BCUT2D eigenvalue weighted by Gasteiger charge is 2.67. The van der Waals surface area contributed by atoms with Crippen LogP contribution in [0.3, 0.4) is 0 Å². The Morgan fingerprint density at radius 1 is 0.765 bits per heavy atom. The van der Waals surface area contributed by atoms with Gasteiger partial charge in [-0.25, -0.2) is 0 Å². The molecule has 0 saturated carbocycles. The highest BCUT2D eigenvalue weighted by Crippen LogP contribution is 2.83. The molecule has 1 rings (SSSR count). The second kappa shape index (κ2) is 12.1. The largest absolute Gasteiger partial charge is 0.508 e. The fourth-order valence-electron chi connectivity index (χ4n) is 6.46. The molecule has 0 fully saturated rings. The third-order valence-electron chi connectivity index (χ3n) is 6.30. The van der Waals surface area contributed by atoms with Gasteiger partial charge in [0.1, 0.15) is 11.1 Å². The van der Waals surface area contributed by atoms with Crippen molar-refractivity contribution in [3.8, 4) is 11.5 Å². The van der Waals surface area contributed by atoms with E-state index in [1.54, 1.807) is 6.07 Å². The first kappa shape index (κ1) is 31.4. The molecular formula is C27H52O5PSi+. The Hall–Kier alpha value is -0.653. The van der Waals surface area contributed by atoms with E-state index in [0.29, 0.717) is 38.2 Å². The van der Waals surface area contributed by atoms with E-state index in [0.717, 1.165) is 12.2 Å². The number of aromatic hydroxyl groups is 1. The third kappa shape index (κ3) is 6.76. The zero-order chi connectivity index (χ0) is 26.4. The lowest BCUT2D eigenvalue weighted by Crippen LogP contribution is -2.49. The van der Waals surface area contributed by atoms with Gasteiger partial charge in [0.25, 0.3) is 0 Å². The summed E-state index contributed by atoms with van der Waals surface area (Å²) in [5.41, 5.74) is 0. The van der Waals surface area contributed by atoms with E-state index in [1.165, 1.54) is 5.30 Å². The highest BCUT2D eigenvalue weighted by atomic mass is 31.2. The Morgan fingerprint density at radius 3 is 1.59 bits per heavy atom. The maximum absolute atomic E-state index is 10.6. The quantitative estimate of drug-likeness (QED) is 0.180. The van der Waals surface area contributed by atoms with Gasteiger partial charge in [0.2, 0.25) is 0 Å². The van der Waals surface area contributed by atoms with Crippen molar-refractivity contribution in [3.05, 3.63) is 18.2 Å². The van der Waals surface area contributed by atoms with Gasteiger partial charge in [0.05, 0.1) is 29.3 Å². The van der Waals surface area contributed by atoms with E-state index in [4.69, 9.17) is 18.0 Å².